The SMILES string of the molecule is CCCN(c1ccc(N)c(N)c1)C1CC1. The summed E-state index contributed by atoms with van der Waals surface area (Å²) in [6, 6.07) is 6.69. The predicted molar refractivity (Wildman–Crippen MR) is 65.9 cm³/mol. The van der Waals surface area contributed by atoms with Crippen molar-refractivity contribution in [2.75, 3.05) is 22.9 Å². The topological polar surface area (TPSA) is 55.3 Å². The molecule has 3 nitrogen and oxygen atoms in total. The molecule has 2 rings (SSSR count). The van der Waals surface area contributed by atoms with Crippen molar-refractivity contribution in [1.82, 2.24) is 0 Å². The first-order valence-corrected chi connectivity index (χ1v) is 5.64. The van der Waals surface area contributed by atoms with Crippen LogP contribution in [0.15, 0.2) is 18.2 Å². The lowest BCUT2D eigenvalue weighted by Gasteiger charge is -2.24. The minimum atomic E-state index is 0.672. The molecule has 82 valence electrons. The Balaban J connectivity index is 2.21. The first-order chi connectivity index (χ1) is 7.22. The molecular formula is C12H19N3. The van der Waals surface area contributed by atoms with E-state index in [4.69, 9.17) is 11.5 Å². The number of hydrogen-bond donors (Lipinski definition) is 2. The molecule has 1 aromatic carbocycles. The molecule has 1 aliphatic carbocycles. The molecule has 0 aliphatic heterocycles. The third-order valence-corrected chi connectivity index (χ3v) is 2.85. The van der Waals surface area contributed by atoms with E-state index in [1.807, 2.05) is 12.1 Å². The summed E-state index contributed by atoms with van der Waals surface area (Å²) in [7, 11) is 0. The van der Waals surface area contributed by atoms with Crippen LogP contribution in [0.25, 0.3) is 0 Å². The summed E-state index contributed by atoms with van der Waals surface area (Å²) in [6.07, 6.45) is 3.79. The maximum Gasteiger partial charge on any atom is 0.0568 e. The normalized spacial score (nSPS) is 15.3. The zero-order valence-corrected chi connectivity index (χ0v) is 9.24. The van der Waals surface area contributed by atoms with Crippen LogP contribution in [0.4, 0.5) is 17.1 Å². The van der Waals surface area contributed by atoms with Gasteiger partial charge < -0.3 is 16.4 Å². The summed E-state index contributed by atoms with van der Waals surface area (Å²) in [5.74, 6) is 0. The van der Waals surface area contributed by atoms with Gasteiger partial charge in [-0.3, -0.25) is 0 Å². The molecule has 0 radical (unpaired) electrons. The second-order valence-electron chi connectivity index (χ2n) is 4.24. The molecule has 3 heteroatoms. The first kappa shape index (κ1) is 10.1. The van der Waals surface area contributed by atoms with Crippen LogP contribution < -0.4 is 16.4 Å². The van der Waals surface area contributed by atoms with Gasteiger partial charge in [0.05, 0.1) is 11.4 Å². The highest BCUT2D eigenvalue weighted by Crippen LogP contribution is 2.33. The second kappa shape index (κ2) is 4.01. The number of nitrogens with two attached hydrogens (primary N) is 2. The fraction of sp³-hybridized carbons (Fsp3) is 0.500. The van der Waals surface area contributed by atoms with Gasteiger partial charge in [0, 0.05) is 18.3 Å². The summed E-state index contributed by atoms with van der Waals surface area (Å²) in [4.78, 5) is 2.44. The van der Waals surface area contributed by atoms with E-state index in [2.05, 4.69) is 17.9 Å². The molecule has 1 saturated carbocycles. The molecule has 0 spiro atoms. The molecule has 0 amide bonds. The third-order valence-electron chi connectivity index (χ3n) is 2.85. The van der Waals surface area contributed by atoms with Crippen molar-refractivity contribution in [3.8, 4) is 0 Å². The van der Waals surface area contributed by atoms with Crippen molar-refractivity contribution in [3.63, 3.8) is 0 Å². The van der Waals surface area contributed by atoms with Gasteiger partial charge in [-0.15, -0.1) is 0 Å². The standard InChI is InChI=1S/C12H19N3/c1-2-7-15(9-3-4-9)10-5-6-11(13)12(14)8-10/h5-6,8-9H,2-4,7,13-14H2,1H3. The van der Waals surface area contributed by atoms with E-state index in [1.54, 1.807) is 0 Å². The van der Waals surface area contributed by atoms with Crippen molar-refractivity contribution in [3.05, 3.63) is 18.2 Å². The molecule has 1 aromatic rings. The molecule has 15 heavy (non-hydrogen) atoms. The highest BCUT2D eigenvalue weighted by Gasteiger charge is 2.28. The lowest BCUT2D eigenvalue weighted by Crippen LogP contribution is -2.26. The Morgan fingerprint density at radius 2 is 2.00 bits per heavy atom. The Labute approximate surface area is 91.1 Å². The number of hydrogen-bond acceptors (Lipinski definition) is 3. The minimum absolute atomic E-state index is 0.672. The van der Waals surface area contributed by atoms with Crippen molar-refractivity contribution in [2.45, 2.75) is 32.2 Å². The number of rotatable bonds is 4. The molecular weight excluding hydrogens is 186 g/mol. The zero-order chi connectivity index (χ0) is 10.8. The fourth-order valence-electron chi connectivity index (χ4n) is 1.89. The van der Waals surface area contributed by atoms with Gasteiger partial charge in [-0.1, -0.05) is 6.92 Å². The zero-order valence-electron chi connectivity index (χ0n) is 9.24. The molecule has 0 unspecified atom stereocenters. The molecule has 1 aliphatic rings. The smallest absolute Gasteiger partial charge is 0.0568 e. The van der Waals surface area contributed by atoms with E-state index >= 15 is 0 Å². The summed E-state index contributed by atoms with van der Waals surface area (Å²) >= 11 is 0. The highest BCUT2D eigenvalue weighted by molar-refractivity contribution is 5.70. The second-order valence-corrected chi connectivity index (χ2v) is 4.24. The van der Waals surface area contributed by atoms with Crippen molar-refractivity contribution < 1.29 is 0 Å². The van der Waals surface area contributed by atoms with Crippen LogP contribution >= 0.6 is 0 Å². The Kier molecular flexibility index (Phi) is 2.71. The monoisotopic (exact) mass is 205 g/mol. The Morgan fingerprint density at radius 3 is 2.53 bits per heavy atom. The summed E-state index contributed by atoms with van der Waals surface area (Å²) in [5, 5.41) is 0. The predicted octanol–water partition coefficient (Wildman–Crippen LogP) is 2.23. The minimum Gasteiger partial charge on any atom is -0.397 e. The van der Waals surface area contributed by atoms with Gasteiger partial charge in [0.2, 0.25) is 0 Å². The number of anilines is 3. The number of nitrogen functional groups attached to an aromatic ring is 2. The van der Waals surface area contributed by atoms with Crippen LogP contribution in [0.5, 0.6) is 0 Å². The molecule has 0 heterocycles. The maximum atomic E-state index is 5.82. The van der Waals surface area contributed by atoms with Crippen LogP contribution in [-0.2, 0) is 0 Å². The van der Waals surface area contributed by atoms with Crippen molar-refractivity contribution in [2.24, 2.45) is 0 Å². The van der Waals surface area contributed by atoms with E-state index in [1.165, 1.54) is 24.9 Å². The highest BCUT2D eigenvalue weighted by atomic mass is 15.2. The van der Waals surface area contributed by atoms with E-state index in [-0.39, 0.29) is 0 Å². The molecule has 0 atom stereocenters. The van der Waals surface area contributed by atoms with E-state index in [0.29, 0.717) is 11.4 Å². The molecule has 1 fully saturated rings. The van der Waals surface area contributed by atoms with Gasteiger partial charge >= 0.3 is 0 Å². The summed E-state index contributed by atoms with van der Waals surface area (Å²) in [6.45, 7) is 3.31. The van der Waals surface area contributed by atoms with Crippen LogP contribution in [0.2, 0.25) is 0 Å². The van der Waals surface area contributed by atoms with Crippen LogP contribution in [0, 0.1) is 0 Å². The van der Waals surface area contributed by atoms with Crippen LogP contribution in [-0.4, -0.2) is 12.6 Å². The maximum absolute atomic E-state index is 5.82. The van der Waals surface area contributed by atoms with Gasteiger partial charge in [-0.25, -0.2) is 0 Å². The van der Waals surface area contributed by atoms with Gasteiger partial charge in [-0.2, -0.15) is 0 Å². The Bertz CT molecular complexity index is 345. The van der Waals surface area contributed by atoms with Crippen molar-refractivity contribution in [1.29, 1.82) is 0 Å². The quantitative estimate of drug-likeness (QED) is 0.741. The number of benzene rings is 1. The molecule has 0 aromatic heterocycles. The van der Waals surface area contributed by atoms with Crippen molar-refractivity contribution >= 4 is 17.1 Å². The van der Waals surface area contributed by atoms with Crippen LogP contribution in [0.3, 0.4) is 0 Å². The molecule has 0 saturated heterocycles. The van der Waals surface area contributed by atoms with Crippen LogP contribution in [0.1, 0.15) is 26.2 Å². The fourth-order valence-corrected chi connectivity index (χ4v) is 1.89. The summed E-state index contributed by atoms with van der Waals surface area (Å²) < 4.78 is 0. The first-order valence-electron chi connectivity index (χ1n) is 5.64. The van der Waals surface area contributed by atoms with Gasteiger partial charge in [0.25, 0.3) is 0 Å². The average molecular weight is 205 g/mol. The molecule has 0 bridgehead atoms. The lowest BCUT2D eigenvalue weighted by atomic mass is 10.2. The lowest BCUT2D eigenvalue weighted by molar-refractivity contribution is 0.763. The summed E-state index contributed by atoms with van der Waals surface area (Å²) in [5.41, 5.74) is 14.1. The number of nitrogens with zero attached hydrogens (tertiary/aromatic N) is 1. The average Bonchev–Trinajstić information content (AvgIpc) is 3.02. The van der Waals surface area contributed by atoms with E-state index in [9.17, 15) is 0 Å². The van der Waals surface area contributed by atoms with E-state index in [0.717, 1.165) is 12.6 Å². The molecule has 4 N–H and O–H groups in total. The Hall–Kier alpha value is -1.38. The third kappa shape index (κ3) is 2.17. The van der Waals surface area contributed by atoms with E-state index < -0.39 is 0 Å². The van der Waals surface area contributed by atoms with Gasteiger partial charge in [-0.05, 0) is 37.5 Å². The Morgan fingerprint density at radius 1 is 1.27 bits per heavy atom. The van der Waals surface area contributed by atoms with Gasteiger partial charge in [0.1, 0.15) is 0 Å². The largest absolute Gasteiger partial charge is 0.397 e. The van der Waals surface area contributed by atoms with Gasteiger partial charge in [0.15, 0.2) is 0 Å².